The van der Waals surface area contributed by atoms with Crippen molar-refractivity contribution in [1.29, 1.82) is 0 Å². The zero-order valence-electron chi connectivity index (χ0n) is 12.5. The number of aryl methyl sites for hydroxylation is 1. The van der Waals surface area contributed by atoms with Gasteiger partial charge in [-0.25, -0.2) is 9.78 Å². The van der Waals surface area contributed by atoms with Crippen LogP contribution in [-0.2, 0) is 6.18 Å². The summed E-state index contributed by atoms with van der Waals surface area (Å²) in [5.41, 5.74) is 0.0899. The van der Waals surface area contributed by atoms with E-state index in [1.165, 1.54) is 0 Å². The van der Waals surface area contributed by atoms with Crippen LogP contribution in [0.1, 0.15) is 34.1 Å². The zero-order chi connectivity index (χ0) is 17.4. The highest BCUT2D eigenvalue weighted by Crippen LogP contribution is 2.29. The minimum atomic E-state index is -4.85. The molecule has 1 heterocycles. The van der Waals surface area contributed by atoms with Crippen LogP contribution in [0.15, 0.2) is 30.3 Å². The molecule has 0 amide bonds. The number of aromatic carboxylic acids is 1. The predicted molar refractivity (Wildman–Crippen MR) is 80.3 cm³/mol. The molecule has 23 heavy (non-hydrogen) atoms. The van der Waals surface area contributed by atoms with Crippen LogP contribution < -0.4 is 10.6 Å². The van der Waals surface area contributed by atoms with E-state index in [0.717, 1.165) is 17.2 Å². The Balaban J connectivity index is 2.81. The number of nitrogens with zero attached hydrogens (tertiary/aromatic N) is 1. The molecule has 0 aliphatic carbocycles. The summed E-state index contributed by atoms with van der Waals surface area (Å²) in [5.74, 6) is -1.68. The van der Waals surface area contributed by atoms with Crippen molar-refractivity contribution in [3.63, 3.8) is 0 Å². The normalized spacial score (nSPS) is 12.9. The second-order valence-corrected chi connectivity index (χ2v) is 5.17. The summed E-state index contributed by atoms with van der Waals surface area (Å²) >= 11 is 0. The van der Waals surface area contributed by atoms with E-state index in [-0.39, 0.29) is 10.6 Å². The first-order chi connectivity index (χ1) is 10.6. The SMILES string of the molecule is C=c1nc(C(F)(F)F)c(C(=O)O)c/c1=C(/C)c1ccc(C)cc1. The quantitative estimate of drug-likeness (QED) is 0.925. The van der Waals surface area contributed by atoms with Crippen LogP contribution in [-0.4, -0.2) is 16.1 Å². The fourth-order valence-corrected chi connectivity index (χ4v) is 2.21. The van der Waals surface area contributed by atoms with E-state index in [1.807, 2.05) is 31.2 Å². The minimum absolute atomic E-state index is 0.111. The predicted octanol–water partition coefficient (Wildman–Crippen LogP) is 2.74. The van der Waals surface area contributed by atoms with Crippen LogP contribution in [0, 0.1) is 6.92 Å². The Morgan fingerprint density at radius 1 is 1.22 bits per heavy atom. The molecule has 0 aliphatic rings. The number of alkyl halides is 3. The van der Waals surface area contributed by atoms with Gasteiger partial charge in [-0.3, -0.25) is 0 Å². The number of benzene rings is 1. The lowest BCUT2D eigenvalue weighted by Gasteiger charge is -2.10. The van der Waals surface area contributed by atoms with Gasteiger partial charge in [0.1, 0.15) is 0 Å². The lowest BCUT2D eigenvalue weighted by Crippen LogP contribution is -2.34. The van der Waals surface area contributed by atoms with Crippen LogP contribution in [0.4, 0.5) is 13.2 Å². The smallest absolute Gasteiger partial charge is 0.434 e. The molecule has 2 aromatic rings. The number of halogens is 3. The van der Waals surface area contributed by atoms with Crippen molar-refractivity contribution in [3.8, 4) is 0 Å². The van der Waals surface area contributed by atoms with Gasteiger partial charge in [-0.15, -0.1) is 0 Å². The third-order valence-corrected chi connectivity index (χ3v) is 3.49. The number of rotatable bonds is 2. The molecular formula is C17H14F3NO2. The lowest BCUT2D eigenvalue weighted by atomic mass is 10.0. The van der Waals surface area contributed by atoms with Crippen LogP contribution >= 0.6 is 0 Å². The van der Waals surface area contributed by atoms with Crippen LogP contribution in [0.2, 0.25) is 0 Å². The van der Waals surface area contributed by atoms with Gasteiger partial charge < -0.3 is 5.11 Å². The maximum Gasteiger partial charge on any atom is 0.434 e. The Hall–Kier alpha value is -2.63. The van der Waals surface area contributed by atoms with E-state index in [9.17, 15) is 18.0 Å². The summed E-state index contributed by atoms with van der Waals surface area (Å²) in [7, 11) is 0. The second-order valence-electron chi connectivity index (χ2n) is 5.17. The van der Waals surface area contributed by atoms with Gasteiger partial charge in [-0.1, -0.05) is 36.4 Å². The topological polar surface area (TPSA) is 50.2 Å². The maximum absolute atomic E-state index is 12.9. The average molecular weight is 321 g/mol. The first kappa shape index (κ1) is 16.7. The number of aromatic nitrogens is 1. The van der Waals surface area contributed by atoms with Crippen LogP contribution in [0.5, 0.6) is 0 Å². The van der Waals surface area contributed by atoms with Crippen LogP contribution in [0.25, 0.3) is 12.2 Å². The second kappa shape index (κ2) is 5.87. The first-order valence-electron chi connectivity index (χ1n) is 6.69. The molecule has 1 N–H and O–H groups in total. The highest BCUT2D eigenvalue weighted by atomic mass is 19.4. The molecule has 0 radical (unpaired) electrons. The van der Waals surface area contributed by atoms with E-state index in [2.05, 4.69) is 11.6 Å². The Morgan fingerprint density at radius 3 is 2.26 bits per heavy atom. The number of carbonyl (C=O) groups is 1. The van der Waals surface area contributed by atoms with E-state index in [1.54, 1.807) is 6.92 Å². The van der Waals surface area contributed by atoms with Crippen molar-refractivity contribution in [1.82, 2.24) is 4.98 Å². The Labute approximate surface area is 130 Å². The monoisotopic (exact) mass is 321 g/mol. The summed E-state index contributed by atoms with van der Waals surface area (Å²) < 4.78 is 38.8. The Bertz CT molecular complexity index is 868. The van der Waals surface area contributed by atoms with Gasteiger partial charge in [0, 0.05) is 5.22 Å². The largest absolute Gasteiger partial charge is 0.478 e. The molecule has 3 nitrogen and oxygen atoms in total. The summed E-state index contributed by atoms with van der Waals surface area (Å²) in [5, 5.41) is 9.23. The van der Waals surface area contributed by atoms with Crippen molar-refractivity contribution < 1.29 is 23.1 Å². The van der Waals surface area contributed by atoms with Crippen molar-refractivity contribution in [2.24, 2.45) is 0 Å². The van der Waals surface area contributed by atoms with Crippen molar-refractivity contribution >= 4 is 18.1 Å². The van der Waals surface area contributed by atoms with Gasteiger partial charge in [-0.05, 0) is 31.1 Å². The number of hydrogen-bond donors (Lipinski definition) is 1. The summed E-state index contributed by atoms with van der Waals surface area (Å²) in [6, 6.07) is 8.31. The molecule has 0 atom stereocenters. The molecule has 0 unspecified atom stereocenters. The fraction of sp³-hybridized carbons (Fsp3) is 0.176. The molecule has 0 saturated heterocycles. The van der Waals surface area contributed by atoms with Gasteiger partial charge in [-0.2, -0.15) is 13.2 Å². The molecule has 0 saturated carbocycles. The van der Waals surface area contributed by atoms with Gasteiger partial charge in [0.15, 0.2) is 5.69 Å². The number of carboxylic acid groups (broad SMARTS) is 1. The third-order valence-electron chi connectivity index (χ3n) is 3.49. The Morgan fingerprint density at radius 2 is 1.78 bits per heavy atom. The number of carboxylic acids is 1. The fourth-order valence-electron chi connectivity index (χ4n) is 2.21. The highest BCUT2D eigenvalue weighted by Gasteiger charge is 2.37. The van der Waals surface area contributed by atoms with Crippen molar-refractivity contribution in [3.05, 3.63) is 63.3 Å². The first-order valence-corrected chi connectivity index (χ1v) is 6.69. The summed E-state index contributed by atoms with van der Waals surface area (Å²) in [6.07, 6.45) is -4.85. The molecule has 2 rings (SSSR count). The average Bonchev–Trinajstić information content (AvgIpc) is 2.45. The highest BCUT2D eigenvalue weighted by molar-refractivity contribution is 5.89. The summed E-state index contributed by atoms with van der Waals surface area (Å²) in [6.45, 7) is 7.13. The van der Waals surface area contributed by atoms with Gasteiger partial charge in [0.05, 0.1) is 10.9 Å². The van der Waals surface area contributed by atoms with E-state index in [4.69, 9.17) is 5.11 Å². The third kappa shape index (κ3) is 3.41. The van der Waals surface area contributed by atoms with Crippen molar-refractivity contribution in [2.45, 2.75) is 20.0 Å². The minimum Gasteiger partial charge on any atom is -0.478 e. The number of hydrogen-bond acceptors (Lipinski definition) is 2. The Kier molecular flexibility index (Phi) is 4.27. The maximum atomic E-state index is 12.9. The van der Waals surface area contributed by atoms with Gasteiger partial charge in [0.25, 0.3) is 0 Å². The van der Waals surface area contributed by atoms with Crippen LogP contribution in [0.3, 0.4) is 0 Å². The molecular weight excluding hydrogens is 307 g/mol. The molecule has 0 aliphatic heterocycles. The van der Waals surface area contributed by atoms with Crippen molar-refractivity contribution in [2.75, 3.05) is 0 Å². The summed E-state index contributed by atoms with van der Waals surface area (Å²) in [4.78, 5) is 14.6. The molecule has 6 heteroatoms. The molecule has 120 valence electrons. The van der Waals surface area contributed by atoms with Gasteiger partial charge in [0.2, 0.25) is 0 Å². The molecule has 0 spiro atoms. The van der Waals surface area contributed by atoms with E-state index in [0.29, 0.717) is 5.57 Å². The van der Waals surface area contributed by atoms with E-state index < -0.39 is 23.4 Å². The zero-order valence-corrected chi connectivity index (χ0v) is 12.5. The molecule has 0 fully saturated rings. The van der Waals surface area contributed by atoms with E-state index >= 15 is 0 Å². The lowest BCUT2D eigenvalue weighted by molar-refractivity contribution is -0.141. The molecule has 1 aromatic heterocycles. The molecule has 1 aromatic carbocycles. The molecule has 0 bridgehead atoms. The van der Waals surface area contributed by atoms with Gasteiger partial charge >= 0.3 is 12.1 Å². The number of pyridine rings is 1. The standard InChI is InChI=1S/C17H14F3NO2/c1-9-4-6-12(7-5-9)10(2)13-8-14(16(22)23)15(17(18,19)20)21-11(13)3/h4-8H,3H2,1-2H3,(H,22,23)/b13-10+.